The van der Waals surface area contributed by atoms with Crippen LogP contribution in [0.4, 0.5) is 5.95 Å². The van der Waals surface area contributed by atoms with Gasteiger partial charge in [0.25, 0.3) is 17.4 Å². The molecule has 5 aromatic rings. The molecule has 0 bridgehead atoms. The summed E-state index contributed by atoms with van der Waals surface area (Å²) in [5.41, 5.74) is 2.95. The molecule has 2 aromatic heterocycles. The summed E-state index contributed by atoms with van der Waals surface area (Å²) in [5, 5.41) is 13.7. The molecule has 0 aliphatic carbocycles. The van der Waals surface area contributed by atoms with Crippen molar-refractivity contribution in [1.82, 2.24) is 34.9 Å². The number of hydrogen-bond donors (Lipinski definition) is 3. The van der Waals surface area contributed by atoms with Crippen molar-refractivity contribution in [2.45, 2.75) is 32.5 Å². The van der Waals surface area contributed by atoms with E-state index in [1.165, 1.54) is 10.6 Å². The van der Waals surface area contributed by atoms with Gasteiger partial charge in [-0.05, 0) is 55.8 Å². The van der Waals surface area contributed by atoms with Crippen molar-refractivity contribution in [1.29, 1.82) is 0 Å². The lowest BCUT2D eigenvalue weighted by atomic mass is 9.98. The number of aromatic amines is 1. The quantitative estimate of drug-likeness (QED) is 0.230. The van der Waals surface area contributed by atoms with Gasteiger partial charge in [-0.3, -0.25) is 19.5 Å². The average molecular weight is 644 g/mol. The molecule has 1 aliphatic rings. The van der Waals surface area contributed by atoms with Gasteiger partial charge in [-0.2, -0.15) is 5.10 Å². The summed E-state index contributed by atoms with van der Waals surface area (Å²) in [6.45, 7) is 2.20. The summed E-state index contributed by atoms with van der Waals surface area (Å²) in [5.74, 6) is 0.842. The van der Waals surface area contributed by atoms with Gasteiger partial charge in [0.05, 0.1) is 34.5 Å². The Labute approximate surface area is 268 Å². The Morgan fingerprint density at radius 1 is 0.978 bits per heavy atom. The highest BCUT2D eigenvalue weighted by molar-refractivity contribution is 6.42. The topological polar surface area (TPSA) is 138 Å². The van der Waals surface area contributed by atoms with E-state index in [-0.39, 0.29) is 47.5 Å². The molecule has 3 N–H and O–H groups in total. The maximum absolute atomic E-state index is 14.1. The van der Waals surface area contributed by atoms with E-state index in [0.29, 0.717) is 51.2 Å². The first-order valence-electron chi connectivity index (χ1n) is 14.2. The molecule has 3 aromatic carbocycles. The lowest BCUT2D eigenvalue weighted by Crippen LogP contribution is -2.46. The third-order valence-corrected chi connectivity index (χ3v) is 8.37. The minimum absolute atomic E-state index is 0.121. The number of nitrogens with one attached hydrogen (secondary N) is 3. The number of hydrogen-bond acceptors (Lipinski definition) is 7. The standard InChI is InChI=1S/C32H28Cl2N8O3/c1-18-14-23-26(17-41(18)30(44)21-10-13-24(33)25(34)15-21)37-32(36-16-27-38-28(40-39-27)19-6-4-3-5-7-19)42(31(23)45)22-11-8-20(9-12-22)29(43)35-2/h3-13,15,18H,14,16-17H2,1-2H3,(H,35,43)(H,36,37)(H,38,39,40)/t18-/m1/s1. The molecule has 0 radical (unpaired) electrons. The molecule has 228 valence electrons. The second-order valence-electron chi connectivity index (χ2n) is 10.6. The van der Waals surface area contributed by atoms with Gasteiger partial charge in [-0.15, -0.1) is 0 Å². The van der Waals surface area contributed by atoms with Crippen molar-refractivity contribution in [3.63, 3.8) is 0 Å². The molecular weight excluding hydrogens is 615 g/mol. The van der Waals surface area contributed by atoms with Gasteiger partial charge in [0, 0.05) is 35.3 Å². The van der Waals surface area contributed by atoms with E-state index in [2.05, 4.69) is 25.8 Å². The first-order chi connectivity index (χ1) is 21.7. The molecule has 6 rings (SSSR count). The fourth-order valence-electron chi connectivity index (χ4n) is 5.24. The van der Waals surface area contributed by atoms with Crippen LogP contribution in [0.3, 0.4) is 0 Å². The zero-order valence-electron chi connectivity index (χ0n) is 24.3. The van der Waals surface area contributed by atoms with Crippen LogP contribution in [0.5, 0.6) is 0 Å². The van der Waals surface area contributed by atoms with Gasteiger partial charge in [-0.25, -0.2) is 14.5 Å². The number of H-pyrrole nitrogens is 1. The largest absolute Gasteiger partial charge is 0.355 e. The molecule has 0 unspecified atom stereocenters. The summed E-state index contributed by atoms with van der Waals surface area (Å²) in [6, 6.07) is 20.7. The Hall–Kier alpha value is -5.00. The molecule has 0 saturated carbocycles. The lowest BCUT2D eigenvalue weighted by Gasteiger charge is -2.34. The molecule has 11 nitrogen and oxygen atoms in total. The maximum atomic E-state index is 14.1. The minimum Gasteiger partial charge on any atom is -0.355 e. The van der Waals surface area contributed by atoms with E-state index in [4.69, 9.17) is 28.2 Å². The molecular formula is C32H28Cl2N8O3. The van der Waals surface area contributed by atoms with E-state index >= 15 is 0 Å². The predicted octanol–water partition coefficient (Wildman–Crippen LogP) is 4.88. The van der Waals surface area contributed by atoms with Crippen molar-refractivity contribution in [3.8, 4) is 17.1 Å². The van der Waals surface area contributed by atoms with Crippen LogP contribution < -0.4 is 16.2 Å². The number of amides is 2. The van der Waals surface area contributed by atoms with E-state index in [0.717, 1.165) is 5.56 Å². The third kappa shape index (κ3) is 6.04. The van der Waals surface area contributed by atoms with Crippen LogP contribution in [0.2, 0.25) is 10.0 Å². The monoisotopic (exact) mass is 642 g/mol. The highest BCUT2D eigenvalue weighted by atomic mass is 35.5. The zero-order chi connectivity index (χ0) is 31.7. The number of rotatable bonds is 7. The number of aromatic nitrogens is 5. The molecule has 0 spiro atoms. The summed E-state index contributed by atoms with van der Waals surface area (Å²) >= 11 is 12.3. The molecule has 3 heterocycles. The molecule has 0 saturated heterocycles. The number of anilines is 1. The number of benzene rings is 3. The van der Waals surface area contributed by atoms with Gasteiger partial charge in [-0.1, -0.05) is 53.5 Å². The number of fused-ring (bicyclic) bond motifs is 1. The van der Waals surface area contributed by atoms with Crippen LogP contribution in [0, 0.1) is 0 Å². The minimum atomic E-state index is -0.289. The van der Waals surface area contributed by atoms with E-state index < -0.39 is 0 Å². The molecule has 1 aliphatic heterocycles. The van der Waals surface area contributed by atoms with E-state index in [1.807, 2.05) is 37.3 Å². The van der Waals surface area contributed by atoms with Crippen LogP contribution in [0.1, 0.15) is 44.7 Å². The normalized spacial score (nSPS) is 14.1. The van der Waals surface area contributed by atoms with E-state index in [1.54, 1.807) is 48.3 Å². The second kappa shape index (κ2) is 12.5. The van der Waals surface area contributed by atoms with Crippen molar-refractivity contribution in [3.05, 3.63) is 121 Å². The van der Waals surface area contributed by atoms with Crippen LogP contribution >= 0.6 is 23.2 Å². The van der Waals surface area contributed by atoms with Crippen molar-refractivity contribution < 1.29 is 9.59 Å². The SMILES string of the molecule is CNC(=O)c1ccc(-n2c(NCc3nc(-c4ccccc4)n[nH]3)nc3c(c2=O)C[C@@H](C)N(C(=O)c2ccc(Cl)c(Cl)c2)C3)cc1. The zero-order valence-corrected chi connectivity index (χ0v) is 25.9. The molecule has 45 heavy (non-hydrogen) atoms. The number of nitrogens with zero attached hydrogens (tertiary/aromatic N) is 5. The highest BCUT2D eigenvalue weighted by Gasteiger charge is 2.32. The maximum Gasteiger partial charge on any atom is 0.263 e. The highest BCUT2D eigenvalue weighted by Crippen LogP contribution is 2.28. The fraction of sp³-hybridized carbons (Fsp3) is 0.188. The average Bonchev–Trinajstić information content (AvgIpc) is 3.54. The predicted molar refractivity (Wildman–Crippen MR) is 172 cm³/mol. The van der Waals surface area contributed by atoms with Crippen LogP contribution in [-0.2, 0) is 19.5 Å². The van der Waals surface area contributed by atoms with Gasteiger partial charge in [0.2, 0.25) is 5.95 Å². The Kier molecular flexibility index (Phi) is 8.38. The molecule has 0 fully saturated rings. The Bertz CT molecular complexity index is 1960. The van der Waals surface area contributed by atoms with Crippen LogP contribution in [0.25, 0.3) is 17.1 Å². The first-order valence-corrected chi connectivity index (χ1v) is 14.9. The molecule has 1 atom stereocenters. The molecule has 13 heteroatoms. The Morgan fingerprint density at radius 2 is 1.71 bits per heavy atom. The van der Waals surface area contributed by atoms with Crippen LogP contribution in [-0.4, -0.2) is 54.5 Å². The summed E-state index contributed by atoms with van der Waals surface area (Å²) in [6.07, 6.45) is 0.299. The molecule has 2 amide bonds. The van der Waals surface area contributed by atoms with Crippen LogP contribution in [0.15, 0.2) is 77.6 Å². The lowest BCUT2D eigenvalue weighted by molar-refractivity contribution is 0.0653. The van der Waals surface area contributed by atoms with Gasteiger partial charge in [0.1, 0.15) is 5.82 Å². The van der Waals surface area contributed by atoms with Crippen molar-refractivity contribution in [2.24, 2.45) is 0 Å². The Morgan fingerprint density at radius 3 is 2.42 bits per heavy atom. The van der Waals surface area contributed by atoms with Gasteiger partial charge in [0.15, 0.2) is 5.82 Å². The number of carbonyl (C=O) groups is 2. The first kappa shape index (κ1) is 30.0. The van der Waals surface area contributed by atoms with Gasteiger partial charge >= 0.3 is 0 Å². The summed E-state index contributed by atoms with van der Waals surface area (Å²) in [7, 11) is 1.56. The summed E-state index contributed by atoms with van der Waals surface area (Å²) in [4.78, 5) is 50.9. The van der Waals surface area contributed by atoms with Crippen molar-refractivity contribution in [2.75, 3.05) is 12.4 Å². The Balaban J connectivity index is 1.36. The van der Waals surface area contributed by atoms with Crippen molar-refractivity contribution >= 4 is 41.0 Å². The van der Waals surface area contributed by atoms with E-state index in [9.17, 15) is 14.4 Å². The summed E-state index contributed by atoms with van der Waals surface area (Å²) < 4.78 is 1.48. The fourth-order valence-corrected chi connectivity index (χ4v) is 5.54. The third-order valence-electron chi connectivity index (χ3n) is 7.63. The number of carbonyl (C=O) groups excluding carboxylic acids is 2. The smallest absolute Gasteiger partial charge is 0.263 e. The second-order valence-corrected chi connectivity index (χ2v) is 11.4. The van der Waals surface area contributed by atoms with Gasteiger partial charge < -0.3 is 15.5 Å². The number of halogens is 2.